The highest BCUT2D eigenvalue weighted by molar-refractivity contribution is 7.90. The Balaban J connectivity index is 2.25. The summed E-state index contributed by atoms with van der Waals surface area (Å²) in [4.78, 5) is 8.10. The van der Waals surface area contributed by atoms with Gasteiger partial charge in [0.2, 0.25) is 5.95 Å². The van der Waals surface area contributed by atoms with E-state index in [4.69, 9.17) is 5.73 Å². The molecule has 0 radical (unpaired) electrons. The zero-order chi connectivity index (χ0) is 15.2. The molecule has 0 atom stereocenters. The van der Waals surface area contributed by atoms with Crippen molar-refractivity contribution in [3.05, 3.63) is 30.1 Å². The monoisotopic (exact) mass is 304 g/mol. The molecule has 0 saturated carbocycles. The Labute approximate surface area is 120 Å². The molecule has 9 heteroatoms. The summed E-state index contributed by atoms with van der Waals surface area (Å²) in [6, 6.07) is 4.76. The van der Waals surface area contributed by atoms with E-state index >= 15 is 0 Å². The number of aryl methyl sites for hydroxylation is 1. The topological polar surface area (TPSA) is 116 Å². The fraction of sp³-hybridized carbons (Fsp3) is 0.167. The molecule has 0 aromatic carbocycles. The van der Waals surface area contributed by atoms with Gasteiger partial charge in [-0.1, -0.05) is 0 Å². The maximum absolute atomic E-state index is 11.5. The maximum Gasteiger partial charge on any atom is 0.207 e. The second-order valence-electron chi connectivity index (χ2n) is 4.57. The molecule has 0 amide bonds. The third-order valence-corrected chi connectivity index (χ3v) is 4.02. The third-order valence-electron chi connectivity index (χ3n) is 3.03. The average molecular weight is 304 g/mol. The highest BCUT2D eigenvalue weighted by Gasteiger charge is 2.16. The Kier molecular flexibility index (Phi) is 2.87. The quantitative estimate of drug-likeness (QED) is 0.731. The predicted molar refractivity (Wildman–Crippen MR) is 76.3 cm³/mol. The lowest BCUT2D eigenvalue weighted by molar-refractivity contribution is 0.598. The van der Waals surface area contributed by atoms with Crippen LogP contribution in [-0.4, -0.2) is 39.2 Å². The number of hydrogen-bond donors (Lipinski definition) is 1. The van der Waals surface area contributed by atoms with E-state index in [1.807, 2.05) is 0 Å². The summed E-state index contributed by atoms with van der Waals surface area (Å²) in [6.45, 7) is 1.71. The Morgan fingerprint density at radius 3 is 2.62 bits per heavy atom. The van der Waals surface area contributed by atoms with Crippen molar-refractivity contribution >= 4 is 21.4 Å². The summed E-state index contributed by atoms with van der Waals surface area (Å²) in [7, 11) is -3.35. The van der Waals surface area contributed by atoms with Gasteiger partial charge in [0.05, 0.1) is 0 Å². The van der Waals surface area contributed by atoms with Crippen molar-refractivity contribution < 1.29 is 8.42 Å². The molecule has 0 aliphatic rings. The number of anilines is 1. The molecule has 0 fully saturated rings. The number of pyridine rings is 1. The number of nitrogen functional groups attached to an aromatic ring is 1. The van der Waals surface area contributed by atoms with Crippen LogP contribution in [0.4, 0.5) is 5.95 Å². The Morgan fingerprint density at radius 2 is 1.95 bits per heavy atom. The molecule has 3 heterocycles. The van der Waals surface area contributed by atoms with Gasteiger partial charge < -0.3 is 5.73 Å². The van der Waals surface area contributed by atoms with Gasteiger partial charge in [-0.25, -0.2) is 22.8 Å². The number of fused-ring (bicyclic) bond motifs is 1. The zero-order valence-electron chi connectivity index (χ0n) is 11.3. The fourth-order valence-corrected chi connectivity index (χ4v) is 2.64. The van der Waals surface area contributed by atoms with Crippen LogP contribution < -0.4 is 5.73 Å². The Morgan fingerprint density at radius 1 is 1.19 bits per heavy atom. The van der Waals surface area contributed by atoms with E-state index in [0.717, 1.165) is 6.26 Å². The van der Waals surface area contributed by atoms with Crippen molar-refractivity contribution in [2.45, 2.75) is 11.9 Å². The van der Waals surface area contributed by atoms with E-state index in [2.05, 4.69) is 20.2 Å². The van der Waals surface area contributed by atoms with E-state index in [1.54, 1.807) is 29.7 Å². The highest BCUT2D eigenvalue weighted by atomic mass is 32.2. The molecule has 3 rings (SSSR count). The van der Waals surface area contributed by atoms with Crippen LogP contribution in [-0.2, 0) is 9.84 Å². The smallest absolute Gasteiger partial charge is 0.207 e. The highest BCUT2D eigenvalue weighted by Crippen LogP contribution is 2.23. The number of sulfone groups is 1. The molecule has 3 aromatic heterocycles. The number of rotatable bonds is 2. The van der Waals surface area contributed by atoms with E-state index in [-0.39, 0.29) is 11.0 Å². The lowest BCUT2D eigenvalue weighted by Crippen LogP contribution is -2.05. The van der Waals surface area contributed by atoms with E-state index in [0.29, 0.717) is 22.7 Å². The zero-order valence-corrected chi connectivity index (χ0v) is 12.2. The molecule has 0 aliphatic carbocycles. The second-order valence-corrected chi connectivity index (χ2v) is 6.54. The summed E-state index contributed by atoms with van der Waals surface area (Å²) in [5.41, 5.74) is 7.57. The minimum absolute atomic E-state index is 0.0173. The lowest BCUT2D eigenvalue weighted by atomic mass is 10.2. The van der Waals surface area contributed by atoms with Gasteiger partial charge in [0, 0.05) is 29.8 Å². The van der Waals surface area contributed by atoms with Gasteiger partial charge in [0.1, 0.15) is 0 Å². The standard InChI is InChI=1S/C12H12N6O2S/c1-7-8(3-4-10(15-7)21(2,19)20)11-17-16-9-5-6-14-12(13)18(9)11/h3-6H,1-2H3,(H2,13,14). The summed E-state index contributed by atoms with van der Waals surface area (Å²) >= 11 is 0. The van der Waals surface area contributed by atoms with E-state index < -0.39 is 9.84 Å². The molecule has 0 spiro atoms. The van der Waals surface area contributed by atoms with Crippen LogP contribution in [0.25, 0.3) is 17.0 Å². The average Bonchev–Trinajstić information content (AvgIpc) is 2.83. The maximum atomic E-state index is 11.5. The van der Waals surface area contributed by atoms with Gasteiger partial charge in [0.15, 0.2) is 26.3 Å². The van der Waals surface area contributed by atoms with Crippen LogP contribution in [0.2, 0.25) is 0 Å². The molecule has 8 nitrogen and oxygen atoms in total. The van der Waals surface area contributed by atoms with Crippen molar-refractivity contribution in [1.29, 1.82) is 0 Å². The SMILES string of the molecule is Cc1nc(S(C)(=O)=O)ccc1-c1nnc2ccnc(N)n12. The van der Waals surface area contributed by atoms with Gasteiger partial charge in [-0.2, -0.15) is 0 Å². The minimum Gasteiger partial charge on any atom is -0.369 e. The van der Waals surface area contributed by atoms with Crippen LogP contribution in [0.15, 0.2) is 29.4 Å². The van der Waals surface area contributed by atoms with Crippen LogP contribution in [0.3, 0.4) is 0 Å². The molecular weight excluding hydrogens is 292 g/mol. The first-order chi connectivity index (χ1) is 9.88. The molecule has 3 aromatic rings. The third kappa shape index (κ3) is 2.21. The van der Waals surface area contributed by atoms with E-state index in [9.17, 15) is 8.42 Å². The summed E-state index contributed by atoms with van der Waals surface area (Å²) in [5.74, 6) is 0.722. The Bertz CT molecular complexity index is 948. The summed E-state index contributed by atoms with van der Waals surface area (Å²) in [5, 5.41) is 8.11. The predicted octanol–water partition coefficient (Wildman–Crippen LogP) is 0.480. The molecule has 21 heavy (non-hydrogen) atoms. The first-order valence-electron chi connectivity index (χ1n) is 6.01. The number of nitrogens with zero attached hydrogens (tertiary/aromatic N) is 5. The number of aromatic nitrogens is 5. The second kappa shape index (κ2) is 4.48. The first kappa shape index (κ1) is 13.4. The van der Waals surface area contributed by atoms with Crippen LogP contribution >= 0.6 is 0 Å². The van der Waals surface area contributed by atoms with Crippen molar-refractivity contribution in [1.82, 2.24) is 24.6 Å². The van der Waals surface area contributed by atoms with Crippen molar-refractivity contribution in [2.75, 3.05) is 12.0 Å². The number of nitrogens with two attached hydrogens (primary N) is 1. The van der Waals surface area contributed by atoms with Crippen molar-refractivity contribution in [3.63, 3.8) is 0 Å². The van der Waals surface area contributed by atoms with Crippen molar-refractivity contribution in [3.8, 4) is 11.4 Å². The number of hydrogen-bond acceptors (Lipinski definition) is 7. The molecular formula is C12H12N6O2S. The van der Waals surface area contributed by atoms with Crippen LogP contribution in [0.1, 0.15) is 5.69 Å². The molecule has 2 N–H and O–H groups in total. The van der Waals surface area contributed by atoms with Crippen molar-refractivity contribution in [2.24, 2.45) is 0 Å². The van der Waals surface area contributed by atoms with Gasteiger partial charge in [-0.05, 0) is 19.1 Å². The summed E-state index contributed by atoms with van der Waals surface area (Å²) < 4.78 is 24.6. The molecule has 0 unspecified atom stereocenters. The normalized spacial score (nSPS) is 11.9. The molecule has 108 valence electrons. The lowest BCUT2D eigenvalue weighted by Gasteiger charge is -2.06. The van der Waals surface area contributed by atoms with Gasteiger partial charge in [0.25, 0.3) is 0 Å². The first-order valence-corrected chi connectivity index (χ1v) is 7.91. The minimum atomic E-state index is -3.35. The molecule has 0 saturated heterocycles. The molecule has 0 aliphatic heterocycles. The van der Waals surface area contributed by atoms with Gasteiger partial charge in [-0.3, -0.25) is 0 Å². The van der Waals surface area contributed by atoms with Gasteiger partial charge in [-0.15, -0.1) is 10.2 Å². The fourth-order valence-electron chi connectivity index (χ4n) is 2.02. The Hall–Kier alpha value is -2.55. The van der Waals surface area contributed by atoms with Gasteiger partial charge >= 0.3 is 0 Å². The largest absolute Gasteiger partial charge is 0.369 e. The van der Waals surface area contributed by atoms with E-state index in [1.165, 1.54) is 6.07 Å². The molecule has 0 bridgehead atoms. The van der Waals surface area contributed by atoms with Crippen LogP contribution in [0.5, 0.6) is 0 Å². The van der Waals surface area contributed by atoms with Crippen LogP contribution in [0, 0.1) is 6.92 Å². The summed E-state index contributed by atoms with van der Waals surface area (Å²) in [6.07, 6.45) is 2.66.